The van der Waals surface area contributed by atoms with Gasteiger partial charge in [0, 0.05) is 17.5 Å². The summed E-state index contributed by atoms with van der Waals surface area (Å²) < 4.78 is 0. The van der Waals surface area contributed by atoms with Gasteiger partial charge in [-0.15, -0.1) is 11.6 Å². The lowest BCUT2D eigenvalue weighted by Crippen LogP contribution is -2.44. The number of hydrogen-bond donors (Lipinski definition) is 1. The minimum absolute atomic E-state index is 0.00300. The lowest BCUT2D eigenvalue weighted by molar-refractivity contribution is 0.0900. The van der Waals surface area contributed by atoms with E-state index < -0.39 is 0 Å². The number of nitriles is 1. The summed E-state index contributed by atoms with van der Waals surface area (Å²) in [4.78, 5) is 12.2. The van der Waals surface area contributed by atoms with Crippen LogP contribution in [0.4, 0.5) is 0 Å². The molecule has 102 valence electrons. The van der Waals surface area contributed by atoms with Crippen LogP contribution < -0.4 is 5.32 Å². The molecule has 1 amide bonds. The zero-order chi connectivity index (χ0) is 14.5. The van der Waals surface area contributed by atoms with E-state index >= 15 is 0 Å². The molecule has 0 aliphatic rings. The number of carbonyl (C=O) groups is 1. The van der Waals surface area contributed by atoms with E-state index in [9.17, 15) is 4.79 Å². The molecule has 0 fully saturated rings. The number of benzene rings is 1. The van der Waals surface area contributed by atoms with E-state index in [1.54, 1.807) is 24.3 Å². The van der Waals surface area contributed by atoms with Gasteiger partial charge in [0.1, 0.15) is 0 Å². The highest BCUT2D eigenvalue weighted by Gasteiger charge is 2.25. The molecule has 0 spiro atoms. The first kappa shape index (κ1) is 15.5. The van der Waals surface area contributed by atoms with E-state index in [0.29, 0.717) is 17.0 Å². The second-order valence-electron chi connectivity index (χ2n) is 5.56. The maximum absolute atomic E-state index is 12.2. The third kappa shape index (κ3) is 4.57. The number of carbonyl (C=O) groups excluding carboxylic acids is 1. The molecule has 19 heavy (non-hydrogen) atoms. The lowest BCUT2D eigenvalue weighted by Gasteiger charge is -2.31. The van der Waals surface area contributed by atoms with Gasteiger partial charge in [0.2, 0.25) is 0 Å². The van der Waals surface area contributed by atoms with Crippen LogP contribution in [0.3, 0.4) is 0 Å². The van der Waals surface area contributed by atoms with Crippen LogP contribution >= 0.6 is 11.6 Å². The Morgan fingerprint density at radius 3 is 2.68 bits per heavy atom. The van der Waals surface area contributed by atoms with E-state index in [-0.39, 0.29) is 17.4 Å². The van der Waals surface area contributed by atoms with Crippen molar-refractivity contribution in [2.75, 3.05) is 5.88 Å². The van der Waals surface area contributed by atoms with Crippen LogP contribution in [0.15, 0.2) is 24.3 Å². The number of hydrogen-bond acceptors (Lipinski definition) is 2. The highest BCUT2D eigenvalue weighted by atomic mass is 35.5. The van der Waals surface area contributed by atoms with Gasteiger partial charge in [0.05, 0.1) is 11.6 Å². The van der Waals surface area contributed by atoms with Gasteiger partial charge in [-0.3, -0.25) is 4.79 Å². The van der Waals surface area contributed by atoms with Crippen LogP contribution in [-0.2, 0) is 0 Å². The van der Waals surface area contributed by atoms with E-state index in [2.05, 4.69) is 26.1 Å². The summed E-state index contributed by atoms with van der Waals surface area (Å²) in [6.07, 6.45) is 0.717. The zero-order valence-corrected chi connectivity index (χ0v) is 12.3. The van der Waals surface area contributed by atoms with E-state index in [0.717, 1.165) is 6.42 Å². The standard InChI is InChI=1S/C15H19ClN2O/c1-15(2,3)13(7-8-16)18-14(19)12-6-4-5-11(9-12)10-17/h4-6,9,13H,7-8H2,1-3H3,(H,18,19). The molecule has 0 aliphatic heterocycles. The first-order valence-corrected chi connectivity index (χ1v) is 6.79. The van der Waals surface area contributed by atoms with Crippen LogP contribution in [0.25, 0.3) is 0 Å². The van der Waals surface area contributed by atoms with E-state index in [4.69, 9.17) is 16.9 Å². The Bertz CT molecular complexity index is 486. The Labute approximate surface area is 119 Å². The maximum atomic E-state index is 12.2. The Kier molecular flexibility index (Phi) is 5.38. The predicted molar refractivity (Wildman–Crippen MR) is 77.2 cm³/mol. The second kappa shape index (κ2) is 6.58. The van der Waals surface area contributed by atoms with Crippen molar-refractivity contribution in [2.45, 2.75) is 33.2 Å². The topological polar surface area (TPSA) is 52.9 Å². The van der Waals surface area contributed by atoms with Gasteiger partial charge in [0.15, 0.2) is 0 Å². The molecule has 3 nitrogen and oxygen atoms in total. The van der Waals surface area contributed by atoms with Crippen LogP contribution in [-0.4, -0.2) is 17.8 Å². The molecule has 0 saturated heterocycles. The summed E-state index contributed by atoms with van der Waals surface area (Å²) in [5.74, 6) is 0.336. The van der Waals surface area contributed by atoms with Crippen molar-refractivity contribution in [3.05, 3.63) is 35.4 Å². The largest absolute Gasteiger partial charge is 0.349 e. The molecule has 0 radical (unpaired) electrons. The van der Waals surface area contributed by atoms with Crippen LogP contribution in [0, 0.1) is 16.7 Å². The van der Waals surface area contributed by atoms with Crippen LogP contribution in [0.1, 0.15) is 43.1 Å². The molecule has 1 rings (SSSR count). The highest BCUT2D eigenvalue weighted by molar-refractivity contribution is 6.17. The number of alkyl halides is 1. The third-order valence-electron chi connectivity index (χ3n) is 3.00. The minimum atomic E-state index is -0.165. The van der Waals surface area contributed by atoms with Gasteiger partial charge in [-0.1, -0.05) is 26.8 Å². The fourth-order valence-corrected chi connectivity index (χ4v) is 2.02. The Balaban J connectivity index is 2.85. The molecule has 0 saturated carbocycles. The Morgan fingerprint density at radius 1 is 1.47 bits per heavy atom. The highest BCUT2D eigenvalue weighted by Crippen LogP contribution is 2.22. The van der Waals surface area contributed by atoms with E-state index in [1.165, 1.54) is 0 Å². The quantitative estimate of drug-likeness (QED) is 0.859. The lowest BCUT2D eigenvalue weighted by atomic mass is 9.85. The SMILES string of the molecule is CC(C)(C)C(CCCl)NC(=O)c1cccc(C#N)c1. The average molecular weight is 279 g/mol. The molecule has 4 heteroatoms. The number of nitrogens with zero attached hydrogens (tertiary/aromatic N) is 1. The fraction of sp³-hybridized carbons (Fsp3) is 0.467. The van der Waals surface area contributed by atoms with Gasteiger partial charge in [0.25, 0.3) is 5.91 Å². The molecular formula is C15H19ClN2O. The van der Waals surface area contributed by atoms with Crippen molar-refractivity contribution >= 4 is 17.5 Å². The fourth-order valence-electron chi connectivity index (χ4n) is 1.80. The van der Waals surface area contributed by atoms with Crippen LogP contribution in [0.5, 0.6) is 0 Å². The monoisotopic (exact) mass is 278 g/mol. The van der Waals surface area contributed by atoms with Crippen molar-refractivity contribution in [1.82, 2.24) is 5.32 Å². The summed E-state index contributed by atoms with van der Waals surface area (Å²) in [6, 6.07) is 8.72. The van der Waals surface area contributed by atoms with Gasteiger partial charge >= 0.3 is 0 Å². The molecule has 1 atom stereocenters. The number of amides is 1. The summed E-state index contributed by atoms with van der Waals surface area (Å²) >= 11 is 5.79. The molecule has 0 heterocycles. The maximum Gasteiger partial charge on any atom is 0.251 e. The number of rotatable bonds is 4. The summed E-state index contributed by atoms with van der Waals surface area (Å²) in [6.45, 7) is 6.20. The zero-order valence-electron chi connectivity index (χ0n) is 11.5. The predicted octanol–water partition coefficient (Wildman–Crippen LogP) is 3.33. The first-order chi connectivity index (χ1) is 8.88. The molecule has 1 aromatic rings. The molecule has 0 aliphatic carbocycles. The Morgan fingerprint density at radius 2 is 2.16 bits per heavy atom. The van der Waals surface area contributed by atoms with Gasteiger partial charge in [-0.05, 0) is 30.0 Å². The summed E-state index contributed by atoms with van der Waals surface area (Å²) in [5.41, 5.74) is 0.928. The summed E-state index contributed by atoms with van der Waals surface area (Å²) in [7, 11) is 0. The first-order valence-electron chi connectivity index (χ1n) is 6.25. The van der Waals surface area contributed by atoms with Crippen molar-refractivity contribution in [3.63, 3.8) is 0 Å². The second-order valence-corrected chi connectivity index (χ2v) is 5.94. The van der Waals surface area contributed by atoms with Crippen molar-refractivity contribution < 1.29 is 4.79 Å². The average Bonchev–Trinajstić information content (AvgIpc) is 2.37. The molecular weight excluding hydrogens is 260 g/mol. The molecule has 0 aromatic heterocycles. The van der Waals surface area contributed by atoms with Gasteiger partial charge in [-0.2, -0.15) is 5.26 Å². The number of halogens is 1. The summed E-state index contributed by atoms with van der Waals surface area (Å²) in [5, 5.41) is 11.8. The van der Waals surface area contributed by atoms with E-state index in [1.807, 2.05) is 6.07 Å². The van der Waals surface area contributed by atoms with Crippen molar-refractivity contribution in [2.24, 2.45) is 5.41 Å². The van der Waals surface area contributed by atoms with Gasteiger partial charge < -0.3 is 5.32 Å². The van der Waals surface area contributed by atoms with Crippen LogP contribution in [0.2, 0.25) is 0 Å². The Hall–Kier alpha value is -1.53. The normalized spacial score (nSPS) is 12.6. The molecule has 1 aromatic carbocycles. The molecule has 0 bridgehead atoms. The minimum Gasteiger partial charge on any atom is -0.349 e. The number of nitrogens with one attached hydrogen (secondary N) is 1. The van der Waals surface area contributed by atoms with Gasteiger partial charge in [-0.25, -0.2) is 0 Å². The third-order valence-corrected chi connectivity index (χ3v) is 3.22. The molecule has 1 unspecified atom stereocenters. The smallest absolute Gasteiger partial charge is 0.251 e. The van der Waals surface area contributed by atoms with Crippen molar-refractivity contribution in [1.29, 1.82) is 5.26 Å². The van der Waals surface area contributed by atoms with Crippen molar-refractivity contribution in [3.8, 4) is 6.07 Å². The molecule has 1 N–H and O–H groups in total.